The molecule has 0 radical (unpaired) electrons. The van der Waals surface area contributed by atoms with Gasteiger partial charge in [-0.15, -0.1) is 0 Å². The molecule has 0 aliphatic heterocycles. The van der Waals surface area contributed by atoms with Gasteiger partial charge in [0.15, 0.2) is 0 Å². The fourth-order valence-electron chi connectivity index (χ4n) is 0.848. The van der Waals surface area contributed by atoms with Crippen LogP contribution in [-0.2, 0) is 0 Å². The van der Waals surface area contributed by atoms with Crippen molar-refractivity contribution < 1.29 is 5.11 Å². The van der Waals surface area contributed by atoms with Crippen molar-refractivity contribution in [1.82, 2.24) is 0 Å². The first-order valence-electron chi connectivity index (χ1n) is 4.04. The van der Waals surface area contributed by atoms with Gasteiger partial charge in [-0.2, -0.15) is 11.3 Å². The van der Waals surface area contributed by atoms with Crippen LogP contribution in [0.5, 0.6) is 0 Å². The summed E-state index contributed by atoms with van der Waals surface area (Å²) in [5, 5.41) is 13.2. The lowest BCUT2D eigenvalue weighted by Crippen LogP contribution is -2.00. The lowest BCUT2D eigenvalue weighted by molar-refractivity contribution is 0.221. The number of thiophene rings is 1. The molecule has 1 atom stereocenters. The zero-order valence-corrected chi connectivity index (χ0v) is 7.90. The first-order valence-corrected chi connectivity index (χ1v) is 4.99. The normalized spacial score (nSPS) is 11.8. The fraction of sp³-hybridized carbons (Fsp3) is 0.400. The van der Waals surface area contributed by atoms with Gasteiger partial charge in [0.05, 0.1) is 0 Å². The van der Waals surface area contributed by atoms with E-state index < -0.39 is 6.10 Å². The maximum atomic E-state index is 9.28. The summed E-state index contributed by atoms with van der Waals surface area (Å²) in [7, 11) is 0. The summed E-state index contributed by atoms with van der Waals surface area (Å²) in [6.45, 7) is 2.04. The highest BCUT2D eigenvalue weighted by Gasteiger charge is 1.94. The number of hydrogen-bond donors (Lipinski definition) is 1. The Morgan fingerprint density at radius 1 is 1.67 bits per heavy atom. The quantitative estimate of drug-likeness (QED) is 0.692. The second kappa shape index (κ2) is 4.97. The van der Waals surface area contributed by atoms with Crippen molar-refractivity contribution in [3.8, 4) is 11.8 Å². The van der Waals surface area contributed by atoms with Gasteiger partial charge in [-0.3, -0.25) is 0 Å². The van der Waals surface area contributed by atoms with Crippen LogP contribution in [0.1, 0.15) is 25.3 Å². The molecule has 2 heteroatoms. The topological polar surface area (TPSA) is 20.2 Å². The van der Waals surface area contributed by atoms with Crippen LogP contribution < -0.4 is 0 Å². The smallest absolute Gasteiger partial charge is 0.115 e. The zero-order chi connectivity index (χ0) is 8.81. The van der Waals surface area contributed by atoms with Crippen LogP contribution >= 0.6 is 11.3 Å². The van der Waals surface area contributed by atoms with Crippen LogP contribution in [0.15, 0.2) is 16.8 Å². The molecule has 0 bridgehead atoms. The molecule has 12 heavy (non-hydrogen) atoms. The van der Waals surface area contributed by atoms with E-state index in [0.717, 1.165) is 18.4 Å². The van der Waals surface area contributed by atoms with Crippen molar-refractivity contribution in [2.75, 3.05) is 0 Å². The Bertz CT molecular complexity index is 266. The Balaban J connectivity index is 2.48. The van der Waals surface area contributed by atoms with Gasteiger partial charge < -0.3 is 5.11 Å². The molecule has 0 aromatic carbocycles. The molecule has 0 aliphatic rings. The molecule has 0 spiro atoms. The largest absolute Gasteiger partial charge is 0.380 e. The first kappa shape index (κ1) is 9.31. The lowest BCUT2D eigenvalue weighted by atomic mass is 10.2. The minimum absolute atomic E-state index is 0.463. The van der Waals surface area contributed by atoms with Crippen molar-refractivity contribution in [3.63, 3.8) is 0 Å². The van der Waals surface area contributed by atoms with E-state index in [2.05, 4.69) is 11.8 Å². The predicted molar refractivity (Wildman–Crippen MR) is 52.1 cm³/mol. The Hall–Kier alpha value is -0.780. The third-order valence-corrected chi connectivity index (χ3v) is 2.15. The minimum atomic E-state index is -0.463. The lowest BCUT2D eigenvalue weighted by Gasteiger charge is -1.96. The van der Waals surface area contributed by atoms with Gasteiger partial charge in [0.25, 0.3) is 0 Å². The number of rotatable bonds is 2. The van der Waals surface area contributed by atoms with Crippen molar-refractivity contribution in [1.29, 1.82) is 0 Å². The number of aliphatic hydroxyl groups excluding tert-OH is 1. The van der Waals surface area contributed by atoms with E-state index in [4.69, 9.17) is 0 Å². The van der Waals surface area contributed by atoms with Crippen molar-refractivity contribution in [3.05, 3.63) is 22.4 Å². The molecule has 1 aromatic rings. The average Bonchev–Trinajstić information content (AvgIpc) is 2.53. The third kappa shape index (κ3) is 3.08. The predicted octanol–water partition coefficient (Wildman–Crippen LogP) is 2.26. The van der Waals surface area contributed by atoms with Crippen LogP contribution in [0.3, 0.4) is 0 Å². The summed E-state index contributed by atoms with van der Waals surface area (Å²) < 4.78 is 0. The molecule has 1 aromatic heterocycles. The van der Waals surface area contributed by atoms with E-state index in [1.807, 2.05) is 23.8 Å². The Kier molecular flexibility index (Phi) is 3.86. The van der Waals surface area contributed by atoms with E-state index in [-0.39, 0.29) is 0 Å². The molecule has 64 valence electrons. The molecular formula is C10H12OS. The molecule has 1 N–H and O–H groups in total. The molecule has 0 fully saturated rings. The summed E-state index contributed by atoms with van der Waals surface area (Å²) in [4.78, 5) is 0. The summed E-state index contributed by atoms with van der Waals surface area (Å²) in [5.41, 5.74) is 0.996. The van der Waals surface area contributed by atoms with Crippen LogP contribution in [0.25, 0.3) is 0 Å². The van der Waals surface area contributed by atoms with Crippen LogP contribution in [0.4, 0.5) is 0 Å². The Morgan fingerprint density at radius 3 is 3.08 bits per heavy atom. The van der Waals surface area contributed by atoms with Gasteiger partial charge in [0.1, 0.15) is 6.10 Å². The minimum Gasteiger partial charge on any atom is -0.380 e. The molecule has 0 saturated heterocycles. The second-order valence-corrected chi connectivity index (χ2v) is 3.37. The average molecular weight is 180 g/mol. The SMILES string of the molecule is CCC[C@H](O)C#Cc1ccsc1. The molecule has 1 nitrogen and oxygen atoms in total. The first-order chi connectivity index (χ1) is 5.83. The van der Waals surface area contributed by atoms with Crippen molar-refractivity contribution in [2.45, 2.75) is 25.9 Å². The van der Waals surface area contributed by atoms with Crippen molar-refractivity contribution >= 4 is 11.3 Å². The summed E-state index contributed by atoms with van der Waals surface area (Å²) in [6.07, 6.45) is 1.27. The second-order valence-electron chi connectivity index (χ2n) is 2.59. The maximum absolute atomic E-state index is 9.28. The highest BCUT2D eigenvalue weighted by molar-refractivity contribution is 7.08. The van der Waals surface area contributed by atoms with E-state index in [1.165, 1.54) is 0 Å². The van der Waals surface area contributed by atoms with E-state index >= 15 is 0 Å². The van der Waals surface area contributed by atoms with Gasteiger partial charge in [0, 0.05) is 10.9 Å². The van der Waals surface area contributed by atoms with Gasteiger partial charge in [-0.25, -0.2) is 0 Å². The molecule has 1 rings (SSSR count). The molecule has 0 amide bonds. The highest BCUT2D eigenvalue weighted by atomic mass is 32.1. The summed E-state index contributed by atoms with van der Waals surface area (Å²) in [6, 6.07) is 1.95. The van der Waals surface area contributed by atoms with Gasteiger partial charge >= 0.3 is 0 Å². The van der Waals surface area contributed by atoms with Gasteiger partial charge in [-0.1, -0.05) is 25.2 Å². The summed E-state index contributed by atoms with van der Waals surface area (Å²) in [5.74, 6) is 5.72. The highest BCUT2D eigenvalue weighted by Crippen LogP contribution is 2.03. The van der Waals surface area contributed by atoms with Gasteiger partial charge in [-0.05, 0) is 17.9 Å². The Morgan fingerprint density at radius 2 is 2.50 bits per heavy atom. The van der Waals surface area contributed by atoms with Crippen LogP contribution in [0.2, 0.25) is 0 Å². The van der Waals surface area contributed by atoms with E-state index in [1.54, 1.807) is 11.3 Å². The Labute approximate surface area is 77.1 Å². The zero-order valence-electron chi connectivity index (χ0n) is 7.08. The van der Waals surface area contributed by atoms with Crippen LogP contribution in [-0.4, -0.2) is 11.2 Å². The van der Waals surface area contributed by atoms with Gasteiger partial charge in [0.2, 0.25) is 0 Å². The molecule has 0 aliphatic carbocycles. The van der Waals surface area contributed by atoms with E-state index in [9.17, 15) is 5.11 Å². The number of hydrogen-bond acceptors (Lipinski definition) is 2. The number of aliphatic hydroxyl groups is 1. The maximum Gasteiger partial charge on any atom is 0.115 e. The molecule has 1 heterocycles. The van der Waals surface area contributed by atoms with Crippen molar-refractivity contribution in [2.24, 2.45) is 0 Å². The standard InChI is InChI=1S/C10H12OS/c1-2-3-10(11)5-4-9-6-7-12-8-9/h6-8,10-11H,2-3H2,1H3/t10-/m0/s1. The third-order valence-electron chi connectivity index (χ3n) is 1.47. The monoisotopic (exact) mass is 180 g/mol. The molecular weight excluding hydrogens is 168 g/mol. The van der Waals surface area contributed by atoms with E-state index in [0.29, 0.717) is 0 Å². The van der Waals surface area contributed by atoms with Crippen LogP contribution in [0, 0.1) is 11.8 Å². The molecule has 0 saturated carbocycles. The fourth-order valence-corrected chi connectivity index (χ4v) is 1.44. The molecule has 0 unspecified atom stereocenters. The summed E-state index contributed by atoms with van der Waals surface area (Å²) >= 11 is 1.62.